The van der Waals surface area contributed by atoms with Gasteiger partial charge in [-0.15, -0.1) is 0 Å². The summed E-state index contributed by atoms with van der Waals surface area (Å²) in [6.07, 6.45) is 3.10. The van der Waals surface area contributed by atoms with Crippen molar-refractivity contribution in [1.82, 2.24) is 4.98 Å². The Hall–Kier alpha value is -3.36. The molecule has 0 aliphatic rings. The van der Waals surface area contributed by atoms with Crippen LogP contribution in [0.4, 0.5) is 5.69 Å². The molecule has 0 aliphatic heterocycles. The molecule has 5 nitrogen and oxygen atoms in total. The monoisotopic (exact) mass is 363 g/mol. The number of halogens is 1. The summed E-state index contributed by atoms with van der Waals surface area (Å²) in [5, 5.41) is 13.4. The highest BCUT2D eigenvalue weighted by Crippen LogP contribution is 2.24. The fourth-order valence-corrected chi connectivity index (χ4v) is 2.78. The molecule has 1 aromatic heterocycles. The van der Waals surface area contributed by atoms with Crippen molar-refractivity contribution in [2.45, 2.75) is 6.92 Å². The van der Waals surface area contributed by atoms with Gasteiger partial charge in [-0.3, -0.25) is 9.59 Å². The molecule has 6 heteroatoms. The van der Waals surface area contributed by atoms with Gasteiger partial charge in [0.1, 0.15) is 11.6 Å². The van der Waals surface area contributed by atoms with E-state index in [1.807, 2.05) is 6.07 Å². The van der Waals surface area contributed by atoms with Gasteiger partial charge in [0.15, 0.2) is 0 Å². The van der Waals surface area contributed by atoms with Gasteiger partial charge in [-0.1, -0.05) is 29.8 Å². The Morgan fingerprint density at radius 3 is 2.58 bits per heavy atom. The number of carbonyl (C=O) groups is 2. The number of nitrogens with zero attached hydrogens (tertiary/aromatic N) is 1. The van der Waals surface area contributed by atoms with Crippen LogP contribution < -0.4 is 5.32 Å². The average Bonchev–Trinajstić information content (AvgIpc) is 3.03. The summed E-state index contributed by atoms with van der Waals surface area (Å²) >= 11 is 5.95. The maximum absolute atomic E-state index is 12.8. The second kappa shape index (κ2) is 7.26. The Bertz CT molecular complexity index is 1070. The van der Waals surface area contributed by atoms with Crippen molar-refractivity contribution < 1.29 is 9.59 Å². The first-order valence-electron chi connectivity index (χ1n) is 7.78. The number of nitrogens with one attached hydrogen (secondary N) is 2. The molecule has 128 valence electrons. The van der Waals surface area contributed by atoms with E-state index in [2.05, 4.69) is 10.3 Å². The van der Waals surface area contributed by atoms with E-state index < -0.39 is 0 Å². The number of hydrogen-bond acceptors (Lipinski definition) is 3. The molecule has 0 atom stereocenters. The first kappa shape index (κ1) is 17.5. The van der Waals surface area contributed by atoms with Gasteiger partial charge in [0.25, 0.3) is 0 Å². The molecule has 0 saturated heterocycles. The average molecular weight is 364 g/mol. The van der Waals surface area contributed by atoms with Crippen molar-refractivity contribution in [2.75, 3.05) is 5.32 Å². The number of aromatic nitrogens is 1. The fourth-order valence-electron chi connectivity index (χ4n) is 2.61. The number of allylic oxidation sites excluding steroid dienone is 1. The number of aromatic amines is 1. The molecule has 3 rings (SSSR count). The molecule has 26 heavy (non-hydrogen) atoms. The van der Waals surface area contributed by atoms with E-state index in [4.69, 9.17) is 11.6 Å². The van der Waals surface area contributed by atoms with Gasteiger partial charge in [-0.25, -0.2) is 0 Å². The van der Waals surface area contributed by atoms with Crippen molar-refractivity contribution in [3.05, 3.63) is 70.4 Å². The van der Waals surface area contributed by atoms with Crippen LogP contribution in [0.2, 0.25) is 5.02 Å². The molecule has 3 aromatic rings. The minimum absolute atomic E-state index is 0.0214. The van der Waals surface area contributed by atoms with Gasteiger partial charge in [-0.05, 0) is 35.9 Å². The Morgan fingerprint density at radius 2 is 1.92 bits per heavy atom. The Labute approximate surface area is 154 Å². The lowest BCUT2D eigenvalue weighted by atomic mass is 10.0. The number of anilines is 1. The largest absolute Gasteiger partial charge is 0.360 e. The van der Waals surface area contributed by atoms with Crippen LogP contribution in [0.3, 0.4) is 0 Å². The van der Waals surface area contributed by atoms with Crippen LogP contribution >= 0.6 is 11.6 Å². The standard InChI is InChI=1S/C20H14ClN3O2/c1-12(25)24-16-5-2-13(3-6-16)8-14(10-22)20(26)18-11-23-19-9-15(21)4-7-17(18)19/h2-9,11,23H,1H3,(H,24,25)/b14-8-. The third-order valence-electron chi connectivity index (χ3n) is 3.80. The van der Waals surface area contributed by atoms with E-state index in [0.717, 1.165) is 5.52 Å². The molecule has 0 aliphatic carbocycles. The number of H-pyrrole nitrogens is 1. The predicted octanol–water partition coefficient (Wildman–Crippen LogP) is 4.57. The van der Waals surface area contributed by atoms with E-state index >= 15 is 0 Å². The molecule has 2 aromatic carbocycles. The van der Waals surface area contributed by atoms with Crippen LogP contribution in [0, 0.1) is 11.3 Å². The summed E-state index contributed by atoms with van der Waals surface area (Å²) in [6.45, 7) is 1.43. The molecular formula is C20H14ClN3O2. The van der Waals surface area contributed by atoms with E-state index in [0.29, 0.717) is 27.2 Å². The molecule has 0 unspecified atom stereocenters. The molecule has 0 saturated carbocycles. The SMILES string of the molecule is CC(=O)Nc1ccc(/C=C(/C#N)C(=O)c2c[nH]c3cc(Cl)ccc23)cc1. The number of fused-ring (bicyclic) bond motifs is 1. The first-order valence-corrected chi connectivity index (χ1v) is 8.16. The van der Waals surface area contributed by atoms with Crippen molar-refractivity contribution in [2.24, 2.45) is 0 Å². The van der Waals surface area contributed by atoms with Gasteiger partial charge in [-0.2, -0.15) is 5.26 Å². The maximum atomic E-state index is 12.8. The number of carbonyl (C=O) groups excluding carboxylic acids is 2. The van der Waals surface area contributed by atoms with Crippen molar-refractivity contribution in [3.8, 4) is 6.07 Å². The maximum Gasteiger partial charge on any atom is 0.221 e. The number of ketones is 1. The molecule has 1 amide bonds. The second-order valence-corrected chi connectivity index (χ2v) is 6.13. The molecule has 2 N–H and O–H groups in total. The van der Waals surface area contributed by atoms with Crippen LogP contribution in [-0.2, 0) is 4.79 Å². The number of amides is 1. The number of benzene rings is 2. The van der Waals surface area contributed by atoms with Gasteiger partial charge >= 0.3 is 0 Å². The number of rotatable bonds is 4. The number of hydrogen-bond donors (Lipinski definition) is 2. The van der Waals surface area contributed by atoms with Crippen LogP contribution in [0.1, 0.15) is 22.8 Å². The number of nitriles is 1. The zero-order valence-electron chi connectivity index (χ0n) is 13.8. The minimum atomic E-state index is -0.369. The second-order valence-electron chi connectivity index (χ2n) is 5.69. The zero-order chi connectivity index (χ0) is 18.7. The van der Waals surface area contributed by atoms with Gasteiger partial charge in [0.05, 0.1) is 0 Å². The molecular weight excluding hydrogens is 350 g/mol. The van der Waals surface area contributed by atoms with Gasteiger partial charge in [0.2, 0.25) is 11.7 Å². The lowest BCUT2D eigenvalue weighted by molar-refractivity contribution is -0.114. The summed E-state index contributed by atoms with van der Waals surface area (Å²) in [7, 11) is 0. The Morgan fingerprint density at radius 1 is 1.19 bits per heavy atom. The highest BCUT2D eigenvalue weighted by Gasteiger charge is 2.16. The molecule has 0 bridgehead atoms. The number of Topliss-reactive ketones (excluding diaryl/α,β-unsaturated/α-hetero) is 1. The zero-order valence-corrected chi connectivity index (χ0v) is 14.6. The smallest absolute Gasteiger partial charge is 0.221 e. The lowest BCUT2D eigenvalue weighted by Crippen LogP contribution is -2.05. The topological polar surface area (TPSA) is 85.8 Å². The van der Waals surface area contributed by atoms with E-state index in [-0.39, 0.29) is 17.3 Å². The van der Waals surface area contributed by atoms with Crippen LogP contribution in [0.5, 0.6) is 0 Å². The minimum Gasteiger partial charge on any atom is -0.360 e. The van der Waals surface area contributed by atoms with Crippen LogP contribution in [-0.4, -0.2) is 16.7 Å². The predicted molar refractivity (Wildman–Crippen MR) is 102 cm³/mol. The summed E-state index contributed by atoms with van der Waals surface area (Å²) in [5.74, 6) is -0.535. The van der Waals surface area contributed by atoms with E-state index in [1.165, 1.54) is 13.0 Å². The molecule has 0 fully saturated rings. The summed E-state index contributed by atoms with van der Waals surface area (Å²) < 4.78 is 0. The van der Waals surface area contributed by atoms with E-state index in [1.54, 1.807) is 48.7 Å². The van der Waals surface area contributed by atoms with Crippen LogP contribution in [0.15, 0.2) is 54.2 Å². The van der Waals surface area contributed by atoms with Gasteiger partial charge < -0.3 is 10.3 Å². The first-order chi connectivity index (χ1) is 12.5. The van der Waals surface area contributed by atoms with Crippen molar-refractivity contribution in [3.63, 3.8) is 0 Å². The van der Waals surface area contributed by atoms with Crippen LogP contribution in [0.25, 0.3) is 17.0 Å². The quantitative estimate of drug-likeness (QED) is 0.404. The lowest BCUT2D eigenvalue weighted by Gasteiger charge is -2.03. The molecule has 0 spiro atoms. The Kier molecular flexibility index (Phi) is 4.87. The van der Waals surface area contributed by atoms with Crippen molar-refractivity contribution >= 4 is 46.0 Å². The third-order valence-corrected chi connectivity index (χ3v) is 4.03. The summed E-state index contributed by atoms with van der Waals surface area (Å²) in [5.41, 5.74) is 2.50. The third kappa shape index (κ3) is 3.66. The molecule has 1 heterocycles. The Balaban J connectivity index is 1.92. The normalized spacial score (nSPS) is 11.2. The highest BCUT2D eigenvalue weighted by molar-refractivity contribution is 6.31. The molecule has 0 radical (unpaired) electrons. The summed E-state index contributed by atoms with van der Waals surface area (Å²) in [4.78, 5) is 26.8. The summed E-state index contributed by atoms with van der Waals surface area (Å²) in [6, 6.07) is 14.0. The fraction of sp³-hybridized carbons (Fsp3) is 0.0500. The van der Waals surface area contributed by atoms with Crippen molar-refractivity contribution in [1.29, 1.82) is 5.26 Å². The highest BCUT2D eigenvalue weighted by atomic mass is 35.5. The van der Waals surface area contributed by atoms with Gasteiger partial charge in [0, 0.05) is 40.3 Å². The van der Waals surface area contributed by atoms with E-state index in [9.17, 15) is 14.9 Å².